The van der Waals surface area contributed by atoms with Crippen LogP contribution < -0.4 is 5.32 Å². The van der Waals surface area contributed by atoms with Crippen LogP contribution in [-0.4, -0.2) is 36.9 Å². The summed E-state index contributed by atoms with van der Waals surface area (Å²) in [6, 6.07) is 11.5. The van der Waals surface area contributed by atoms with Gasteiger partial charge in [0.15, 0.2) is 5.76 Å². The fourth-order valence-electron chi connectivity index (χ4n) is 4.17. The van der Waals surface area contributed by atoms with E-state index < -0.39 is 15.9 Å². The van der Waals surface area contributed by atoms with Gasteiger partial charge < -0.3 is 19.0 Å². The maximum atomic E-state index is 13.1. The van der Waals surface area contributed by atoms with E-state index >= 15 is 0 Å². The minimum atomic E-state index is -3.77. The van der Waals surface area contributed by atoms with Crippen molar-refractivity contribution in [3.05, 3.63) is 71.0 Å². The van der Waals surface area contributed by atoms with Crippen molar-refractivity contribution in [3.63, 3.8) is 0 Å². The van der Waals surface area contributed by atoms with Gasteiger partial charge in [0.2, 0.25) is 15.9 Å². The molecular weight excluding hydrogens is 458 g/mol. The number of piperidine rings is 1. The van der Waals surface area contributed by atoms with E-state index in [9.17, 15) is 13.2 Å². The lowest BCUT2D eigenvalue weighted by atomic mass is 9.98. The minimum absolute atomic E-state index is 0.0969. The van der Waals surface area contributed by atoms with Gasteiger partial charge in [0.25, 0.3) is 0 Å². The zero-order valence-electron chi connectivity index (χ0n) is 19.3. The third-order valence-corrected chi connectivity index (χ3v) is 7.98. The lowest BCUT2D eigenvalue weighted by Crippen LogP contribution is -2.45. The predicted molar refractivity (Wildman–Crippen MR) is 123 cm³/mol. The number of sulfonamides is 1. The van der Waals surface area contributed by atoms with Gasteiger partial charge in [-0.3, -0.25) is 4.79 Å². The van der Waals surface area contributed by atoms with Crippen molar-refractivity contribution < 1.29 is 26.9 Å². The van der Waals surface area contributed by atoms with Crippen molar-refractivity contribution in [3.8, 4) is 0 Å². The number of nitrogens with one attached hydrogen (secondary N) is 1. The first-order valence-corrected chi connectivity index (χ1v) is 12.7. The molecule has 4 rings (SSSR count). The number of benzene rings is 1. The fraction of sp³-hybridized carbons (Fsp3) is 0.417. The van der Waals surface area contributed by atoms with Crippen LogP contribution in [-0.2, 0) is 39.3 Å². The zero-order chi connectivity index (χ0) is 24.1. The third-order valence-electron chi connectivity index (χ3n) is 5.87. The van der Waals surface area contributed by atoms with Crippen LogP contribution in [0, 0.1) is 19.8 Å². The number of ether oxygens (including phenoxy) is 1. The summed E-state index contributed by atoms with van der Waals surface area (Å²) in [5.41, 5.74) is 2.27. The number of hydrogen-bond acceptors (Lipinski definition) is 7. The van der Waals surface area contributed by atoms with Crippen LogP contribution in [0.4, 0.5) is 0 Å². The summed E-state index contributed by atoms with van der Waals surface area (Å²) < 4.78 is 43.6. The van der Waals surface area contributed by atoms with Gasteiger partial charge in [-0.15, -0.1) is 0 Å². The first kappa shape index (κ1) is 24.2. The van der Waals surface area contributed by atoms with Crippen molar-refractivity contribution in [2.45, 2.75) is 51.3 Å². The smallest absolute Gasteiger partial charge is 0.248 e. The normalized spacial score (nSPS) is 17.1. The molecule has 1 atom stereocenters. The average molecular weight is 488 g/mol. The number of rotatable bonds is 9. The van der Waals surface area contributed by atoms with Crippen LogP contribution >= 0.6 is 0 Å². The average Bonchev–Trinajstić information content (AvgIpc) is 3.47. The summed E-state index contributed by atoms with van der Waals surface area (Å²) in [4.78, 5) is 13.0. The Hall–Kier alpha value is -2.95. The second kappa shape index (κ2) is 10.5. The molecule has 0 spiro atoms. The zero-order valence-corrected chi connectivity index (χ0v) is 20.1. The molecule has 1 unspecified atom stereocenters. The number of furan rings is 1. The molecule has 0 aliphatic carbocycles. The van der Waals surface area contributed by atoms with E-state index in [1.807, 2.05) is 36.4 Å². The second-order valence-corrected chi connectivity index (χ2v) is 10.3. The number of carbonyl (C=O) groups excluding carboxylic acids is 1. The number of amides is 1. The molecule has 1 saturated heterocycles. The molecule has 1 aromatic carbocycles. The fourth-order valence-corrected chi connectivity index (χ4v) is 5.99. The molecule has 3 heterocycles. The van der Waals surface area contributed by atoms with Gasteiger partial charge >= 0.3 is 0 Å². The van der Waals surface area contributed by atoms with E-state index in [0.717, 1.165) is 16.9 Å². The van der Waals surface area contributed by atoms with Gasteiger partial charge in [-0.1, -0.05) is 29.4 Å². The molecule has 34 heavy (non-hydrogen) atoms. The molecule has 182 valence electrons. The van der Waals surface area contributed by atoms with Crippen molar-refractivity contribution in [2.24, 2.45) is 5.92 Å². The number of hydrogen-bond donors (Lipinski definition) is 1. The van der Waals surface area contributed by atoms with Gasteiger partial charge in [0.05, 0.1) is 18.8 Å². The van der Waals surface area contributed by atoms with E-state index in [4.69, 9.17) is 13.7 Å². The third kappa shape index (κ3) is 5.57. The molecule has 0 saturated carbocycles. The Kier molecular flexibility index (Phi) is 7.50. The molecule has 1 amide bonds. The monoisotopic (exact) mass is 487 g/mol. The Morgan fingerprint density at radius 1 is 1.21 bits per heavy atom. The minimum Gasteiger partial charge on any atom is -0.467 e. The Balaban J connectivity index is 1.31. The van der Waals surface area contributed by atoms with Crippen LogP contribution in [0.15, 0.2) is 56.5 Å². The highest BCUT2D eigenvalue weighted by Crippen LogP contribution is 2.27. The highest BCUT2D eigenvalue weighted by atomic mass is 32.2. The molecule has 0 bridgehead atoms. The van der Waals surface area contributed by atoms with Gasteiger partial charge in [0, 0.05) is 19.6 Å². The predicted octanol–water partition coefficient (Wildman–Crippen LogP) is 3.32. The Morgan fingerprint density at radius 2 is 2.03 bits per heavy atom. The standard InChI is InChI=1S/C24H29N3O6S/c1-17-23(18(2)33-26-17)34(29,30)27-10-4-8-21(14-27)24(28)25-13-19-6-3-7-20(12-19)15-31-16-22-9-5-11-32-22/h3,5-7,9,11-12,21H,4,8,10,13-16H2,1-2H3,(H,25,28). The summed E-state index contributed by atoms with van der Waals surface area (Å²) in [5, 5.41) is 6.72. The summed E-state index contributed by atoms with van der Waals surface area (Å²) in [6.45, 7) is 4.88. The summed E-state index contributed by atoms with van der Waals surface area (Å²) in [7, 11) is -3.77. The molecule has 2 aromatic heterocycles. The molecule has 0 radical (unpaired) electrons. The largest absolute Gasteiger partial charge is 0.467 e. The SMILES string of the molecule is Cc1noc(C)c1S(=O)(=O)N1CCCC(C(=O)NCc2cccc(COCc3ccco3)c2)C1. The van der Waals surface area contributed by atoms with Crippen molar-refractivity contribution in [1.82, 2.24) is 14.8 Å². The number of carbonyl (C=O) groups is 1. The molecule has 9 nitrogen and oxygen atoms in total. The van der Waals surface area contributed by atoms with E-state index in [-0.39, 0.29) is 23.1 Å². The highest BCUT2D eigenvalue weighted by Gasteiger charge is 2.36. The van der Waals surface area contributed by atoms with E-state index in [0.29, 0.717) is 44.8 Å². The summed E-state index contributed by atoms with van der Waals surface area (Å²) in [6.07, 6.45) is 2.86. The lowest BCUT2D eigenvalue weighted by molar-refractivity contribution is -0.126. The van der Waals surface area contributed by atoms with Crippen LogP contribution in [0.1, 0.15) is 41.2 Å². The van der Waals surface area contributed by atoms with Gasteiger partial charge in [-0.25, -0.2) is 8.42 Å². The molecular formula is C24H29N3O6S. The maximum absolute atomic E-state index is 13.1. The van der Waals surface area contributed by atoms with E-state index in [1.54, 1.807) is 20.1 Å². The van der Waals surface area contributed by atoms with Crippen LogP contribution in [0.5, 0.6) is 0 Å². The molecule has 1 N–H and O–H groups in total. The topological polar surface area (TPSA) is 115 Å². The second-order valence-electron chi connectivity index (χ2n) is 8.47. The number of aryl methyl sites for hydroxylation is 2. The van der Waals surface area contributed by atoms with Crippen LogP contribution in [0.2, 0.25) is 0 Å². The van der Waals surface area contributed by atoms with Crippen LogP contribution in [0.3, 0.4) is 0 Å². The number of aromatic nitrogens is 1. The van der Waals surface area contributed by atoms with E-state index in [2.05, 4.69) is 10.5 Å². The Bertz CT molecular complexity index is 1200. The van der Waals surface area contributed by atoms with Crippen molar-refractivity contribution in [1.29, 1.82) is 0 Å². The first-order chi connectivity index (χ1) is 16.3. The molecule has 3 aromatic rings. The van der Waals surface area contributed by atoms with Crippen LogP contribution in [0.25, 0.3) is 0 Å². The first-order valence-electron chi connectivity index (χ1n) is 11.2. The Morgan fingerprint density at radius 3 is 2.76 bits per heavy atom. The van der Waals surface area contributed by atoms with Gasteiger partial charge in [-0.05, 0) is 49.9 Å². The van der Waals surface area contributed by atoms with E-state index in [1.165, 1.54) is 4.31 Å². The van der Waals surface area contributed by atoms with Crippen molar-refractivity contribution in [2.75, 3.05) is 13.1 Å². The molecule has 1 fully saturated rings. The molecule has 10 heteroatoms. The molecule has 1 aliphatic rings. The van der Waals surface area contributed by atoms with Gasteiger partial charge in [-0.2, -0.15) is 4.31 Å². The summed E-state index contributed by atoms with van der Waals surface area (Å²) in [5.74, 6) is 0.459. The highest BCUT2D eigenvalue weighted by molar-refractivity contribution is 7.89. The summed E-state index contributed by atoms with van der Waals surface area (Å²) >= 11 is 0. The van der Waals surface area contributed by atoms with Crippen molar-refractivity contribution >= 4 is 15.9 Å². The number of nitrogens with zero attached hydrogens (tertiary/aromatic N) is 2. The maximum Gasteiger partial charge on any atom is 0.248 e. The van der Waals surface area contributed by atoms with Gasteiger partial charge in [0.1, 0.15) is 23.0 Å². The molecule has 1 aliphatic heterocycles. The Labute approximate surface area is 199 Å². The quantitative estimate of drug-likeness (QED) is 0.492. The lowest BCUT2D eigenvalue weighted by Gasteiger charge is -2.31.